The summed E-state index contributed by atoms with van der Waals surface area (Å²) in [5.41, 5.74) is 0.922. The maximum absolute atomic E-state index is 14.2. The number of alkyl carbamates (subject to hydrolysis) is 1. The van der Waals surface area contributed by atoms with Crippen molar-refractivity contribution in [2.45, 2.75) is 124 Å². The number of cyclic esters (lactones) is 1. The van der Waals surface area contributed by atoms with Crippen LogP contribution in [0.2, 0.25) is 0 Å². The van der Waals surface area contributed by atoms with Gasteiger partial charge in [-0.2, -0.15) is 5.09 Å². The topological polar surface area (TPSA) is 194 Å². The molecule has 1 aromatic carbocycles. The second-order valence-corrected chi connectivity index (χ2v) is 16.5. The van der Waals surface area contributed by atoms with Crippen LogP contribution in [0.1, 0.15) is 103 Å². The van der Waals surface area contributed by atoms with Crippen LogP contribution in [-0.4, -0.2) is 63.6 Å². The molecule has 5 rings (SSSR count). The van der Waals surface area contributed by atoms with Gasteiger partial charge in [0.2, 0.25) is 0 Å². The van der Waals surface area contributed by atoms with Gasteiger partial charge in [0.25, 0.3) is 5.56 Å². The Bertz CT molecular complexity index is 2040. The first-order valence-corrected chi connectivity index (χ1v) is 20.0. The molecule has 2 aliphatic heterocycles. The van der Waals surface area contributed by atoms with Gasteiger partial charge in [-0.15, -0.1) is 0 Å². The minimum absolute atomic E-state index is 0.0340. The Kier molecular flexibility index (Phi) is 12.3. The second kappa shape index (κ2) is 16.2. The fourth-order valence-corrected chi connectivity index (χ4v) is 8.07. The van der Waals surface area contributed by atoms with Gasteiger partial charge in [0.1, 0.15) is 24.0 Å². The molecule has 54 heavy (non-hydrogen) atoms. The number of hydrogen-bond acceptors (Lipinski definition) is 12. The van der Waals surface area contributed by atoms with Gasteiger partial charge in [-0.3, -0.25) is 14.1 Å². The number of carbonyl (C=O) groups excluding carboxylic acids is 3. The van der Waals surface area contributed by atoms with E-state index < -0.39 is 43.0 Å². The average Bonchev–Trinajstić information content (AvgIpc) is 3.46. The third-order valence-corrected chi connectivity index (χ3v) is 10.8. The average molecular weight is 771 g/mol. The minimum atomic E-state index is -4.16. The van der Waals surface area contributed by atoms with E-state index in [1.165, 1.54) is 6.92 Å². The molecule has 2 unspecified atom stereocenters. The normalized spacial score (nSPS) is 17.9. The monoisotopic (exact) mass is 770 g/mol. The molecule has 3 aromatic rings. The van der Waals surface area contributed by atoms with Crippen molar-refractivity contribution in [2.24, 2.45) is 0 Å². The van der Waals surface area contributed by atoms with Crippen molar-refractivity contribution < 1.29 is 47.3 Å². The molecular formula is C38H51N4O11P. The lowest BCUT2D eigenvalue weighted by Crippen LogP contribution is -2.44. The predicted molar refractivity (Wildman–Crippen MR) is 200 cm³/mol. The maximum Gasteiger partial charge on any atom is 0.459 e. The number of aromatic nitrogens is 2. The Morgan fingerprint density at radius 3 is 2.50 bits per heavy atom. The third kappa shape index (κ3) is 8.80. The molecule has 2 aliphatic rings. The van der Waals surface area contributed by atoms with Crippen molar-refractivity contribution in [1.29, 1.82) is 0 Å². The molecule has 0 saturated carbocycles. The Morgan fingerprint density at radius 2 is 1.83 bits per heavy atom. The highest BCUT2D eigenvalue weighted by molar-refractivity contribution is 7.52. The fourth-order valence-electron chi connectivity index (χ4n) is 6.55. The predicted octanol–water partition coefficient (Wildman–Crippen LogP) is 5.77. The molecule has 2 aromatic heterocycles. The molecule has 0 fully saturated rings. The smallest absolute Gasteiger partial charge is 0.459 e. The lowest BCUT2D eigenvalue weighted by molar-refractivity contribution is -0.172. The summed E-state index contributed by atoms with van der Waals surface area (Å²) in [5, 5.41) is 17.4. The van der Waals surface area contributed by atoms with E-state index in [1.807, 2.05) is 6.92 Å². The maximum atomic E-state index is 14.2. The Balaban J connectivity index is 1.38. The molecular weight excluding hydrogens is 719 g/mol. The zero-order valence-electron chi connectivity index (χ0n) is 32.2. The van der Waals surface area contributed by atoms with E-state index in [0.717, 1.165) is 11.1 Å². The molecule has 15 nitrogen and oxygen atoms in total. The largest absolute Gasteiger partial charge is 0.462 e. The third-order valence-electron chi connectivity index (χ3n) is 9.16. The van der Waals surface area contributed by atoms with Crippen LogP contribution in [0.3, 0.4) is 0 Å². The molecule has 16 heteroatoms. The summed E-state index contributed by atoms with van der Waals surface area (Å²) in [6.45, 7) is 14.3. The summed E-state index contributed by atoms with van der Waals surface area (Å²) >= 11 is 0. The van der Waals surface area contributed by atoms with Crippen molar-refractivity contribution in [1.82, 2.24) is 20.0 Å². The second-order valence-electron chi connectivity index (χ2n) is 14.8. The summed E-state index contributed by atoms with van der Waals surface area (Å²) in [6, 6.07) is 5.66. The van der Waals surface area contributed by atoms with Crippen LogP contribution in [0.4, 0.5) is 4.79 Å². The zero-order valence-corrected chi connectivity index (χ0v) is 33.1. The van der Waals surface area contributed by atoms with Crippen LogP contribution in [0.25, 0.3) is 22.3 Å². The number of fused-ring (bicyclic) bond motifs is 5. The number of aliphatic hydroxyl groups is 1. The summed E-state index contributed by atoms with van der Waals surface area (Å²) in [6.07, 6.45) is 1.47. The number of amides is 1. The van der Waals surface area contributed by atoms with Gasteiger partial charge >= 0.3 is 25.8 Å². The molecule has 0 radical (unpaired) electrons. The van der Waals surface area contributed by atoms with E-state index in [9.17, 15) is 28.8 Å². The van der Waals surface area contributed by atoms with Crippen molar-refractivity contribution in [3.8, 4) is 17.1 Å². The van der Waals surface area contributed by atoms with E-state index in [1.54, 1.807) is 70.4 Å². The van der Waals surface area contributed by atoms with E-state index in [0.29, 0.717) is 54.5 Å². The molecule has 0 aliphatic carbocycles. The lowest BCUT2D eigenvalue weighted by Gasteiger charge is -2.31. The van der Waals surface area contributed by atoms with Crippen LogP contribution in [-0.2, 0) is 58.1 Å². The highest BCUT2D eigenvalue weighted by atomic mass is 31.2. The molecule has 1 amide bonds. The molecule has 0 saturated heterocycles. The number of esters is 2. The number of pyridine rings is 2. The summed E-state index contributed by atoms with van der Waals surface area (Å²) in [7, 11) is -4.16. The summed E-state index contributed by atoms with van der Waals surface area (Å²) in [5.74, 6) is -1.21. The van der Waals surface area contributed by atoms with Crippen molar-refractivity contribution in [2.75, 3.05) is 13.2 Å². The van der Waals surface area contributed by atoms with Gasteiger partial charge in [-0.25, -0.2) is 19.1 Å². The van der Waals surface area contributed by atoms with Crippen LogP contribution in [0.15, 0.2) is 29.1 Å². The van der Waals surface area contributed by atoms with Crippen LogP contribution >= 0.6 is 7.75 Å². The van der Waals surface area contributed by atoms with Crippen LogP contribution in [0.5, 0.6) is 5.75 Å². The van der Waals surface area contributed by atoms with Crippen molar-refractivity contribution >= 4 is 36.7 Å². The number of nitrogens with one attached hydrogen (secondary N) is 2. The van der Waals surface area contributed by atoms with Gasteiger partial charge in [0, 0.05) is 23.1 Å². The van der Waals surface area contributed by atoms with Crippen molar-refractivity contribution in [3.05, 3.63) is 56.9 Å². The van der Waals surface area contributed by atoms with E-state index in [4.69, 9.17) is 28.2 Å². The number of hydrogen-bond donors (Lipinski definition) is 3. The Labute approximate surface area is 314 Å². The molecule has 0 spiro atoms. The minimum Gasteiger partial charge on any atom is -0.462 e. The van der Waals surface area contributed by atoms with Gasteiger partial charge in [-0.1, -0.05) is 13.8 Å². The van der Waals surface area contributed by atoms with Gasteiger partial charge in [-0.05, 0) is 103 Å². The SMILES string of the molecule is CCc1c2c(nc3ccc(OP(=O)(NC(C)C(=O)OC(C)C)OCCCCCNC(=O)OC(C)(C)C)cc13)-c1cc3c(c(=O)n1C2)COC(=O)[C@]3(O)CC. The molecule has 3 N–H and O–H groups in total. The Morgan fingerprint density at radius 1 is 1.09 bits per heavy atom. The first-order valence-electron chi connectivity index (χ1n) is 18.4. The fraction of sp³-hybridized carbons (Fsp3) is 0.553. The number of carbonyl (C=O) groups is 3. The van der Waals surface area contributed by atoms with E-state index >= 15 is 0 Å². The van der Waals surface area contributed by atoms with Crippen LogP contribution < -0.4 is 20.5 Å². The standard InChI is InChI=1S/C38H51N4O11P/c1-9-25-26-18-24(53-54(48,41-23(5)34(44)51-22(3)4)50-17-13-11-12-16-39-36(46)52-37(6,7)8)14-15-30(26)40-32-27(25)20-42-31(32)19-29-28(33(42)43)21-49-35(45)38(29,47)10-2/h14-15,18-19,22-23,47H,9-13,16-17,20-21H2,1-8H3,(H,39,46)(H,41,48)/t23?,38-,54?/m0/s1. The first kappa shape index (κ1) is 40.9. The van der Waals surface area contributed by atoms with E-state index in [-0.39, 0.29) is 54.7 Å². The molecule has 294 valence electrons. The number of nitrogens with zero attached hydrogens (tertiary/aromatic N) is 2. The molecule has 0 bridgehead atoms. The lowest BCUT2D eigenvalue weighted by atomic mass is 9.86. The van der Waals surface area contributed by atoms with Gasteiger partial charge in [0.15, 0.2) is 5.60 Å². The number of rotatable bonds is 15. The number of aryl methyl sites for hydroxylation is 1. The van der Waals surface area contributed by atoms with Gasteiger partial charge in [0.05, 0.1) is 41.7 Å². The number of benzene rings is 1. The van der Waals surface area contributed by atoms with Gasteiger partial charge < -0.3 is 33.7 Å². The highest BCUT2D eigenvalue weighted by Crippen LogP contribution is 2.47. The quantitative estimate of drug-likeness (QED) is 0.0572. The first-order chi connectivity index (χ1) is 25.4. The molecule has 3 atom stereocenters. The molecule has 4 heterocycles. The summed E-state index contributed by atoms with van der Waals surface area (Å²) < 4.78 is 43.4. The zero-order chi connectivity index (χ0) is 39.6. The highest BCUT2D eigenvalue weighted by Gasteiger charge is 2.45. The van der Waals surface area contributed by atoms with Crippen LogP contribution in [0, 0.1) is 0 Å². The number of unbranched alkanes of at least 4 members (excludes halogenated alkanes) is 2. The van der Waals surface area contributed by atoms with Crippen molar-refractivity contribution in [3.63, 3.8) is 0 Å². The number of ether oxygens (including phenoxy) is 3. The summed E-state index contributed by atoms with van der Waals surface area (Å²) in [4.78, 5) is 55.8. The van der Waals surface area contributed by atoms with E-state index in [2.05, 4.69) is 10.4 Å². The Hall–Kier alpha value is -4.30.